The van der Waals surface area contributed by atoms with Crippen molar-refractivity contribution in [2.75, 3.05) is 0 Å². The predicted molar refractivity (Wildman–Crippen MR) is 107 cm³/mol. The van der Waals surface area contributed by atoms with E-state index in [0.29, 0.717) is 18.5 Å². The fourth-order valence-corrected chi connectivity index (χ4v) is 4.12. The summed E-state index contributed by atoms with van der Waals surface area (Å²) < 4.78 is 27.4. The first-order valence-electron chi connectivity index (χ1n) is 8.32. The van der Waals surface area contributed by atoms with Crippen LogP contribution in [0.5, 0.6) is 0 Å². The van der Waals surface area contributed by atoms with E-state index in [-0.39, 0.29) is 17.7 Å². The van der Waals surface area contributed by atoms with Gasteiger partial charge >= 0.3 is 0 Å². The van der Waals surface area contributed by atoms with Crippen LogP contribution in [0.1, 0.15) is 30.5 Å². The van der Waals surface area contributed by atoms with Gasteiger partial charge in [-0.25, -0.2) is 13.1 Å². The molecule has 0 fully saturated rings. The molecule has 1 amide bonds. The van der Waals surface area contributed by atoms with Crippen molar-refractivity contribution in [1.29, 1.82) is 0 Å². The Labute approximate surface area is 163 Å². The standard InChI is InChI=1S/C19H23BrN2O3S/c1-14(2)22-26(24,25)13-17-5-3-16(4-6-17)12-21-19(23)11-15-7-9-18(20)10-8-15/h3-10,14,22H,11-13H2,1-2H3,(H,21,23). The molecule has 2 rings (SSSR count). The summed E-state index contributed by atoms with van der Waals surface area (Å²) in [4.78, 5) is 12.0. The van der Waals surface area contributed by atoms with Crippen LogP contribution in [0.2, 0.25) is 0 Å². The van der Waals surface area contributed by atoms with Crippen LogP contribution in [-0.4, -0.2) is 20.4 Å². The maximum Gasteiger partial charge on any atom is 0.224 e. The van der Waals surface area contributed by atoms with E-state index in [9.17, 15) is 13.2 Å². The first-order chi connectivity index (χ1) is 12.2. The Balaban J connectivity index is 1.85. The van der Waals surface area contributed by atoms with Crippen molar-refractivity contribution in [2.24, 2.45) is 0 Å². The second-order valence-electron chi connectivity index (χ2n) is 6.43. The number of rotatable bonds is 8. The lowest BCUT2D eigenvalue weighted by molar-refractivity contribution is -0.120. The van der Waals surface area contributed by atoms with Crippen LogP contribution in [0.15, 0.2) is 53.0 Å². The van der Waals surface area contributed by atoms with Gasteiger partial charge in [0, 0.05) is 17.1 Å². The maximum absolute atomic E-state index is 12.0. The van der Waals surface area contributed by atoms with Crippen LogP contribution in [0.4, 0.5) is 0 Å². The first-order valence-corrected chi connectivity index (χ1v) is 10.8. The highest BCUT2D eigenvalue weighted by molar-refractivity contribution is 9.10. The van der Waals surface area contributed by atoms with Gasteiger partial charge in [0.25, 0.3) is 0 Å². The van der Waals surface area contributed by atoms with Gasteiger partial charge in [0.05, 0.1) is 12.2 Å². The molecule has 0 aliphatic heterocycles. The van der Waals surface area contributed by atoms with Crippen molar-refractivity contribution in [2.45, 2.75) is 38.6 Å². The van der Waals surface area contributed by atoms with Crippen molar-refractivity contribution >= 4 is 31.9 Å². The molecule has 0 aliphatic carbocycles. The molecule has 0 aromatic heterocycles. The predicted octanol–water partition coefficient (Wildman–Crippen LogP) is 3.14. The van der Waals surface area contributed by atoms with E-state index < -0.39 is 10.0 Å². The monoisotopic (exact) mass is 438 g/mol. The topological polar surface area (TPSA) is 75.3 Å². The smallest absolute Gasteiger partial charge is 0.224 e. The van der Waals surface area contributed by atoms with Crippen LogP contribution in [0.25, 0.3) is 0 Å². The van der Waals surface area contributed by atoms with Crippen LogP contribution < -0.4 is 10.0 Å². The second-order valence-corrected chi connectivity index (χ2v) is 9.10. The summed E-state index contributed by atoms with van der Waals surface area (Å²) in [5.41, 5.74) is 2.58. The summed E-state index contributed by atoms with van der Waals surface area (Å²) in [5.74, 6) is -0.110. The second kappa shape index (κ2) is 9.30. The largest absolute Gasteiger partial charge is 0.352 e. The van der Waals surface area contributed by atoms with E-state index in [1.807, 2.05) is 36.4 Å². The highest BCUT2D eigenvalue weighted by atomic mass is 79.9. The SMILES string of the molecule is CC(C)NS(=O)(=O)Cc1ccc(CNC(=O)Cc2ccc(Br)cc2)cc1. The number of sulfonamides is 1. The zero-order valence-electron chi connectivity index (χ0n) is 14.8. The minimum Gasteiger partial charge on any atom is -0.352 e. The fourth-order valence-electron chi connectivity index (χ4n) is 2.42. The van der Waals surface area contributed by atoms with Crippen molar-refractivity contribution in [3.05, 3.63) is 69.7 Å². The Hall–Kier alpha value is -1.70. The molecule has 0 atom stereocenters. The number of carbonyl (C=O) groups is 1. The molecule has 26 heavy (non-hydrogen) atoms. The molecule has 2 aromatic carbocycles. The summed E-state index contributed by atoms with van der Waals surface area (Å²) in [5, 5.41) is 2.87. The third kappa shape index (κ3) is 7.27. The third-order valence-electron chi connectivity index (χ3n) is 3.56. The van der Waals surface area contributed by atoms with E-state index in [2.05, 4.69) is 26.0 Å². The van der Waals surface area contributed by atoms with Gasteiger partial charge in [0.2, 0.25) is 15.9 Å². The Morgan fingerprint density at radius 3 is 2.08 bits per heavy atom. The molecule has 0 unspecified atom stereocenters. The van der Waals surface area contributed by atoms with Gasteiger partial charge in [0.1, 0.15) is 0 Å². The lowest BCUT2D eigenvalue weighted by Crippen LogP contribution is -2.31. The van der Waals surface area contributed by atoms with Gasteiger partial charge in [-0.2, -0.15) is 0 Å². The number of amides is 1. The number of hydrogen-bond acceptors (Lipinski definition) is 3. The van der Waals surface area contributed by atoms with E-state index in [4.69, 9.17) is 0 Å². The van der Waals surface area contributed by atoms with Gasteiger partial charge in [0.15, 0.2) is 0 Å². The van der Waals surface area contributed by atoms with Crippen molar-refractivity contribution in [1.82, 2.24) is 10.0 Å². The van der Waals surface area contributed by atoms with Gasteiger partial charge in [-0.1, -0.05) is 52.3 Å². The number of benzene rings is 2. The summed E-state index contributed by atoms with van der Waals surface area (Å²) in [7, 11) is -3.33. The van der Waals surface area contributed by atoms with Gasteiger partial charge in [-0.15, -0.1) is 0 Å². The van der Waals surface area contributed by atoms with E-state index in [1.54, 1.807) is 26.0 Å². The molecule has 0 saturated carbocycles. The molecule has 5 nitrogen and oxygen atoms in total. The number of carbonyl (C=O) groups excluding carboxylic acids is 1. The average Bonchev–Trinajstić information content (AvgIpc) is 2.55. The van der Waals surface area contributed by atoms with E-state index in [1.165, 1.54) is 0 Å². The van der Waals surface area contributed by atoms with Gasteiger partial charge < -0.3 is 5.32 Å². The Kier molecular flexibility index (Phi) is 7.37. The van der Waals surface area contributed by atoms with Crippen LogP contribution in [0.3, 0.4) is 0 Å². The highest BCUT2D eigenvalue weighted by Gasteiger charge is 2.12. The minimum absolute atomic E-state index is 0.0542. The summed E-state index contributed by atoms with van der Waals surface area (Å²) in [6, 6.07) is 14.7. The quantitative estimate of drug-likeness (QED) is 0.664. The molecule has 0 saturated heterocycles. The normalized spacial score (nSPS) is 11.5. The first kappa shape index (κ1) is 20.6. The van der Waals surface area contributed by atoms with E-state index in [0.717, 1.165) is 15.6 Å². The van der Waals surface area contributed by atoms with Crippen LogP contribution >= 0.6 is 15.9 Å². The fraction of sp³-hybridized carbons (Fsp3) is 0.316. The summed E-state index contributed by atoms with van der Waals surface area (Å²) in [6.45, 7) is 3.99. The molecule has 2 aromatic rings. The molecule has 7 heteroatoms. The number of hydrogen-bond donors (Lipinski definition) is 2. The lowest BCUT2D eigenvalue weighted by Gasteiger charge is -2.10. The molecule has 2 N–H and O–H groups in total. The van der Waals surface area contributed by atoms with Crippen molar-refractivity contribution in [3.63, 3.8) is 0 Å². The summed E-state index contributed by atoms with van der Waals surface area (Å²) >= 11 is 3.37. The molecule has 140 valence electrons. The molecule has 0 radical (unpaired) electrons. The van der Waals surface area contributed by atoms with Crippen molar-refractivity contribution < 1.29 is 13.2 Å². The van der Waals surface area contributed by atoms with E-state index >= 15 is 0 Å². The third-order valence-corrected chi connectivity index (χ3v) is 5.64. The number of halogens is 1. The zero-order valence-corrected chi connectivity index (χ0v) is 17.2. The Morgan fingerprint density at radius 1 is 0.962 bits per heavy atom. The average molecular weight is 439 g/mol. The minimum atomic E-state index is -3.33. The molecule has 0 bridgehead atoms. The Bertz CT molecular complexity index is 832. The molecular formula is C19H23BrN2O3S. The molecule has 0 spiro atoms. The molecular weight excluding hydrogens is 416 g/mol. The number of nitrogens with one attached hydrogen (secondary N) is 2. The maximum atomic E-state index is 12.0. The van der Waals surface area contributed by atoms with Gasteiger partial charge in [-0.05, 0) is 42.7 Å². The zero-order chi connectivity index (χ0) is 19.2. The highest BCUT2D eigenvalue weighted by Crippen LogP contribution is 2.11. The molecule has 0 heterocycles. The lowest BCUT2D eigenvalue weighted by atomic mass is 10.1. The van der Waals surface area contributed by atoms with Crippen LogP contribution in [-0.2, 0) is 33.5 Å². The van der Waals surface area contributed by atoms with Crippen LogP contribution in [0, 0.1) is 0 Å². The van der Waals surface area contributed by atoms with Crippen molar-refractivity contribution in [3.8, 4) is 0 Å². The Morgan fingerprint density at radius 2 is 1.50 bits per heavy atom. The molecule has 0 aliphatic rings. The van der Waals surface area contributed by atoms with Gasteiger partial charge in [-0.3, -0.25) is 4.79 Å². The summed E-state index contributed by atoms with van der Waals surface area (Å²) in [6.07, 6.45) is 0.324.